The topological polar surface area (TPSA) is 41.5 Å². The lowest BCUT2D eigenvalue weighted by molar-refractivity contribution is -0.120. The van der Waals surface area contributed by atoms with Crippen LogP contribution in [0.1, 0.15) is 29.2 Å². The zero-order valence-electron chi connectivity index (χ0n) is 12.7. The van der Waals surface area contributed by atoms with Gasteiger partial charge in [0.25, 0.3) is 0 Å². The minimum Gasteiger partial charge on any atom is -0.273 e. The van der Waals surface area contributed by atoms with Crippen LogP contribution in [0.3, 0.4) is 0 Å². The van der Waals surface area contributed by atoms with Crippen LogP contribution in [0.5, 0.6) is 0 Å². The van der Waals surface area contributed by atoms with Gasteiger partial charge in [0.05, 0.1) is 12.1 Å². The molecule has 0 saturated heterocycles. The molecule has 1 amide bonds. The highest BCUT2D eigenvalue weighted by atomic mass is 16.2. The van der Waals surface area contributed by atoms with Gasteiger partial charge in [0.15, 0.2) is 0 Å². The SMILES string of the molecule is C/C(=N/NC(=O)Cc1ccc(C)c(C)c1)c1ccccc1. The lowest BCUT2D eigenvalue weighted by Gasteiger charge is -2.05. The molecule has 1 N–H and O–H groups in total. The van der Waals surface area contributed by atoms with Crippen molar-refractivity contribution < 1.29 is 4.79 Å². The first-order chi connectivity index (χ1) is 10.1. The van der Waals surface area contributed by atoms with E-state index in [1.54, 1.807) is 0 Å². The van der Waals surface area contributed by atoms with Gasteiger partial charge in [-0.25, -0.2) is 5.43 Å². The summed E-state index contributed by atoms with van der Waals surface area (Å²) in [5.41, 5.74) is 7.85. The van der Waals surface area contributed by atoms with Crippen molar-refractivity contribution in [3.8, 4) is 0 Å². The van der Waals surface area contributed by atoms with Gasteiger partial charge in [-0.2, -0.15) is 5.10 Å². The molecule has 0 aliphatic heterocycles. The van der Waals surface area contributed by atoms with E-state index in [2.05, 4.69) is 24.4 Å². The van der Waals surface area contributed by atoms with E-state index in [1.165, 1.54) is 11.1 Å². The van der Waals surface area contributed by atoms with Crippen LogP contribution in [0.4, 0.5) is 0 Å². The van der Waals surface area contributed by atoms with Gasteiger partial charge in [0, 0.05) is 0 Å². The zero-order chi connectivity index (χ0) is 15.2. The molecule has 0 spiro atoms. The Morgan fingerprint density at radius 3 is 2.43 bits per heavy atom. The minimum absolute atomic E-state index is 0.103. The Morgan fingerprint density at radius 2 is 1.76 bits per heavy atom. The van der Waals surface area contributed by atoms with E-state index < -0.39 is 0 Å². The molecule has 0 aliphatic rings. The fourth-order valence-corrected chi connectivity index (χ4v) is 2.03. The van der Waals surface area contributed by atoms with E-state index >= 15 is 0 Å². The minimum atomic E-state index is -0.103. The Hall–Kier alpha value is -2.42. The summed E-state index contributed by atoms with van der Waals surface area (Å²) in [7, 11) is 0. The Morgan fingerprint density at radius 1 is 1.05 bits per heavy atom. The van der Waals surface area contributed by atoms with Crippen molar-refractivity contribution in [3.63, 3.8) is 0 Å². The molecule has 0 heterocycles. The van der Waals surface area contributed by atoms with Crippen LogP contribution < -0.4 is 5.43 Å². The average Bonchev–Trinajstić information content (AvgIpc) is 2.49. The molecule has 0 bridgehead atoms. The summed E-state index contributed by atoms with van der Waals surface area (Å²) in [5, 5.41) is 4.15. The molecular formula is C18H20N2O. The summed E-state index contributed by atoms with van der Waals surface area (Å²) in [4.78, 5) is 11.9. The van der Waals surface area contributed by atoms with E-state index in [4.69, 9.17) is 0 Å². The van der Waals surface area contributed by atoms with E-state index in [1.807, 2.05) is 55.5 Å². The lowest BCUT2D eigenvalue weighted by Crippen LogP contribution is -2.21. The van der Waals surface area contributed by atoms with Crippen molar-refractivity contribution in [2.45, 2.75) is 27.2 Å². The summed E-state index contributed by atoms with van der Waals surface area (Å²) >= 11 is 0. The van der Waals surface area contributed by atoms with E-state index in [9.17, 15) is 4.79 Å². The highest BCUT2D eigenvalue weighted by Crippen LogP contribution is 2.10. The number of benzene rings is 2. The second-order valence-corrected chi connectivity index (χ2v) is 5.19. The number of carbonyl (C=O) groups excluding carboxylic acids is 1. The average molecular weight is 280 g/mol. The van der Waals surface area contributed by atoms with Crippen molar-refractivity contribution in [3.05, 3.63) is 70.8 Å². The first-order valence-corrected chi connectivity index (χ1v) is 7.01. The number of aryl methyl sites for hydroxylation is 2. The van der Waals surface area contributed by atoms with E-state index in [0.717, 1.165) is 16.8 Å². The number of hydrogen-bond donors (Lipinski definition) is 1. The smallest absolute Gasteiger partial charge is 0.244 e. The van der Waals surface area contributed by atoms with Crippen LogP contribution in [0.25, 0.3) is 0 Å². The zero-order valence-corrected chi connectivity index (χ0v) is 12.7. The van der Waals surface area contributed by atoms with E-state index in [0.29, 0.717) is 6.42 Å². The van der Waals surface area contributed by atoms with Gasteiger partial charge in [0.1, 0.15) is 0 Å². The van der Waals surface area contributed by atoms with Gasteiger partial charge in [-0.15, -0.1) is 0 Å². The summed E-state index contributed by atoms with van der Waals surface area (Å²) in [6.45, 7) is 5.99. The second kappa shape index (κ2) is 6.84. The molecule has 0 radical (unpaired) electrons. The molecule has 3 nitrogen and oxygen atoms in total. The molecule has 2 rings (SSSR count). The van der Waals surface area contributed by atoms with Crippen molar-refractivity contribution in [2.24, 2.45) is 5.10 Å². The van der Waals surface area contributed by atoms with Crippen LogP contribution in [0.2, 0.25) is 0 Å². The maximum Gasteiger partial charge on any atom is 0.244 e. The second-order valence-electron chi connectivity index (χ2n) is 5.19. The summed E-state index contributed by atoms with van der Waals surface area (Å²) < 4.78 is 0. The standard InChI is InChI=1S/C18H20N2O/c1-13-9-10-16(11-14(13)2)12-18(21)20-19-15(3)17-7-5-4-6-8-17/h4-11H,12H2,1-3H3,(H,20,21)/b19-15-. The van der Waals surface area contributed by atoms with Crippen molar-refractivity contribution in [2.75, 3.05) is 0 Å². The number of hydrogen-bond acceptors (Lipinski definition) is 2. The van der Waals surface area contributed by atoms with Crippen LogP contribution in [-0.4, -0.2) is 11.6 Å². The Kier molecular flexibility index (Phi) is 4.88. The molecule has 0 unspecified atom stereocenters. The summed E-state index contributed by atoms with van der Waals surface area (Å²) in [6, 6.07) is 15.9. The van der Waals surface area contributed by atoms with Gasteiger partial charge in [-0.1, -0.05) is 48.5 Å². The molecule has 0 saturated carbocycles. The summed E-state index contributed by atoms with van der Waals surface area (Å²) in [5.74, 6) is -0.103. The molecular weight excluding hydrogens is 260 g/mol. The summed E-state index contributed by atoms with van der Waals surface area (Å²) in [6.07, 6.45) is 0.340. The molecule has 3 heteroatoms. The van der Waals surface area contributed by atoms with Gasteiger partial charge in [-0.05, 0) is 43.0 Å². The quantitative estimate of drug-likeness (QED) is 0.677. The Balaban J connectivity index is 1.97. The highest BCUT2D eigenvalue weighted by Gasteiger charge is 2.04. The van der Waals surface area contributed by atoms with Gasteiger partial charge >= 0.3 is 0 Å². The molecule has 2 aromatic rings. The van der Waals surface area contributed by atoms with Crippen LogP contribution in [0.15, 0.2) is 53.6 Å². The predicted octanol–water partition coefficient (Wildman–Crippen LogP) is 3.39. The molecule has 0 atom stereocenters. The third-order valence-corrected chi connectivity index (χ3v) is 3.48. The van der Waals surface area contributed by atoms with E-state index in [-0.39, 0.29) is 5.91 Å². The fraction of sp³-hybridized carbons (Fsp3) is 0.222. The lowest BCUT2D eigenvalue weighted by atomic mass is 10.0. The normalized spacial score (nSPS) is 11.3. The van der Waals surface area contributed by atoms with Crippen molar-refractivity contribution >= 4 is 11.6 Å². The van der Waals surface area contributed by atoms with Crippen LogP contribution >= 0.6 is 0 Å². The number of nitrogens with zero attached hydrogens (tertiary/aromatic N) is 1. The monoisotopic (exact) mass is 280 g/mol. The first-order valence-electron chi connectivity index (χ1n) is 7.01. The molecule has 108 valence electrons. The fourth-order valence-electron chi connectivity index (χ4n) is 2.03. The highest BCUT2D eigenvalue weighted by molar-refractivity contribution is 5.99. The predicted molar refractivity (Wildman–Crippen MR) is 86.4 cm³/mol. The number of nitrogens with one attached hydrogen (secondary N) is 1. The maximum atomic E-state index is 11.9. The number of carbonyl (C=O) groups is 1. The Bertz CT molecular complexity index is 660. The molecule has 0 aliphatic carbocycles. The van der Waals surface area contributed by atoms with Gasteiger partial charge < -0.3 is 0 Å². The third kappa shape index (κ3) is 4.28. The van der Waals surface area contributed by atoms with Crippen LogP contribution in [0, 0.1) is 13.8 Å². The largest absolute Gasteiger partial charge is 0.273 e. The first kappa shape index (κ1) is 15.0. The van der Waals surface area contributed by atoms with Gasteiger partial charge in [-0.3, -0.25) is 4.79 Å². The van der Waals surface area contributed by atoms with Crippen molar-refractivity contribution in [1.29, 1.82) is 0 Å². The molecule has 0 fully saturated rings. The third-order valence-electron chi connectivity index (χ3n) is 3.48. The molecule has 21 heavy (non-hydrogen) atoms. The number of rotatable bonds is 4. The molecule has 2 aromatic carbocycles. The van der Waals surface area contributed by atoms with Gasteiger partial charge in [0.2, 0.25) is 5.91 Å². The molecule has 0 aromatic heterocycles. The van der Waals surface area contributed by atoms with Crippen LogP contribution in [-0.2, 0) is 11.2 Å². The number of hydrazone groups is 1. The Labute approximate surface area is 125 Å². The maximum absolute atomic E-state index is 11.9. The number of amides is 1. The van der Waals surface area contributed by atoms with Crippen molar-refractivity contribution in [1.82, 2.24) is 5.43 Å².